The lowest BCUT2D eigenvalue weighted by molar-refractivity contribution is -0.384. The second-order valence-corrected chi connectivity index (χ2v) is 8.17. The summed E-state index contributed by atoms with van der Waals surface area (Å²) < 4.78 is 0. The number of ketones is 1. The van der Waals surface area contributed by atoms with E-state index in [0.717, 1.165) is 5.56 Å². The van der Waals surface area contributed by atoms with Crippen LogP contribution in [0.4, 0.5) is 11.4 Å². The maximum atomic E-state index is 13.3. The fraction of sp³-hybridized carbons (Fsp3) is 0.192. The quantitative estimate of drug-likeness (QED) is 0.304. The van der Waals surface area contributed by atoms with Gasteiger partial charge in [-0.1, -0.05) is 30.3 Å². The van der Waals surface area contributed by atoms with Crippen LogP contribution in [0.2, 0.25) is 0 Å². The van der Waals surface area contributed by atoms with E-state index in [1.165, 1.54) is 29.2 Å². The Kier molecular flexibility index (Phi) is 7.60. The van der Waals surface area contributed by atoms with Crippen LogP contribution in [-0.2, 0) is 6.54 Å². The maximum absolute atomic E-state index is 13.3. The van der Waals surface area contributed by atoms with E-state index >= 15 is 0 Å². The average Bonchev–Trinajstić information content (AvgIpc) is 2.87. The molecule has 180 valence electrons. The number of carbonyl (C=O) groups is 3. The number of nitrogens with zero attached hydrogens (tertiary/aromatic N) is 3. The molecule has 0 saturated carbocycles. The number of anilines is 1. The number of benzene rings is 3. The SMILES string of the molecule is CNC(=O)c1ccc(CN(C)C(=O)c2ccccc2C(=O)c2ccc(N(C)C)c([N+](=O)[O-])c2)cc1. The average molecular weight is 475 g/mol. The third-order valence-corrected chi connectivity index (χ3v) is 5.53. The van der Waals surface area contributed by atoms with Crippen LogP contribution in [0.25, 0.3) is 0 Å². The molecule has 0 atom stereocenters. The van der Waals surface area contributed by atoms with Gasteiger partial charge in [-0.05, 0) is 35.9 Å². The summed E-state index contributed by atoms with van der Waals surface area (Å²) in [7, 11) is 6.53. The Balaban J connectivity index is 1.87. The van der Waals surface area contributed by atoms with E-state index in [4.69, 9.17) is 0 Å². The van der Waals surface area contributed by atoms with E-state index in [0.29, 0.717) is 11.3 Å². The van der Waals surface area contributed by atoms with Crippen LogP contribution >= 0.6 is 0 Å². The Labute approximate surface area is 203 Å². The van der Waals surface area contributed by atoms with Crippen molar-refractivity contribution in [3.05, 3.63) is 105 Å². The highest BCUT2D eigenvalue weighted by Crippen LogP contribution is 2.29. The predicted octanol–water partition coefficient (Wildman–Crippen LogP) is 3.52. The van der Waals surface area contributed by atoms with Gasteiger partial charge in [0.2, 0.25) is 0 Å². The largest absolute Gasteiger partial charge is 0.372 e. The molecule has 1 N–H and O–H groups in total. The van der Waals surface area contributed by atoms with E-state index in [-0.39, 0.29) is 40.7 Å². The van der Waals surface area contributed by atoms with Gasteiger partial charge in [0.15, 0.2) is 5.78 Å². The lowest BCUT2D eigenvalue weighted by Gasteiger charge is -2.19. The number of nitro benzene ring substituents is 1. The van der Waals surface area contributed by atoms with Gasteiger partial charge in [-0.2, -0.15) is 0 Å². The molecular weight excluding hydrogens is 448 g/mol. The Morgan fingerprint density at radius 1 is 0.886 bits per heavy atom. The summed E-state index contributed by atoms with van der Waals surface area (Å²) in [6.45, 7) is 0.262. The minimum atomic E-state index is -0.535. The number of carbonyl (C=O) groups excluding carboxylic acids is 3. The van der Waals surface area contributed by atoms with Crippen molar-refractivity contribution < 1.29 is 19.3 Å². The van der Waals surface area contributed by atoms with Gasteiger partial charge in [0.05, 0.1) is 10.5 Å². The van der Waals surface area contributed by atoms with Crippen LogP contribution in [0.15, 0.2) is 66.7 Å². The fourth-order valence-corrected chi connectivity index (χ4v) is 3.67. The second-order valence-electron chi connectivity index (χ2n) is 8.17. The van der Waals surface area contributed by atoms with Crippen LogP contribution in [0.3, 0.4) is 0 Å². The molecule has 0 unspecified atom stereocenters. The molecule has 3 rings (SSSR count). The van der Waals surface area contributed by atoms with Gasteiger partial charge >= 0.3 is 0 Å². The number of rotatable bonds is 8. The lowest BCUT2D eigenvalue weighted by Crippen LogP contribution is -2.28. The van der Waals surface area contributed by atoms with Gasteiger partial charge in [0.25, 0.3) is 17.5 Å². The van der Waals surface area contributed by atoms with Crippen molar-refractivity contribution in [3.63, 3.8) is 0 Å². The zero-order chi connectivity index (χ0) is 25.7. The molecule has 0 aromatic heterocycles. The van der Waals surface area contributed by atoms with Crippen molar-refractivity contribution in [1.29, 1.82) is 0 Å². The van der Waals surface area contributed by atoms with Gasteiger partial charge in [-0.15, -0.1) is 0 Å². The number of nitro groups is 1. The molecule has 2 amide bonds. The van der Waals surface area contributed by atoms with Crippen molar-refractivity contribution >= 4 is 29.0 Å². The lowest BCUT2D eigenvalue weighted by atomic mass is 9.96. The van der Waals surface area contributed by atoms with E-state index in [1.54, 1.807) is 75.6 Å². The van der Waals surface area contributed by atoms with Crippen LogP contribution in [0, 0.1) is 10.1 Å². The topological polar surface area (TPSA) is 113 Å². The summed E-state index contributed by atoms with van der Waals surface area (Å²) >= 11 is 0. The summed E-state index contributed by atoms with van der Waals surface area (Å²) in [5.41, 5.74) is 1.98. The highest BCUT2D eigenvalue weighted by atomic mass is 16.6. The van der Waals surface area contributed by atoms with Gasteiger partial charge in [0, 0.05) is 57.5 Å². The summed E-state index contributed by atoms with van der Waals surface area (Å²) in [6.07, 6.45) is 0. The molecule has 0 aliphatic heterocycles. The first-order valence-electron chi connectivity index (χ1n) is 10.8. The number of amides is 2. The molecule has 0 aliphatic rings. The van der Waals surface area contributed by atoms with E-state index in [1.807, 2.05) is 0 Å². The molecule has 0 radical (unpaired) electrons. The van der Waals surface area contributed by atoms with Crippen molar-refractivity contribution in [2.45, 2.75) is 6.54 Å². The van der Waals surface area contributed by atoms with Gasteiger partial charge in [0.1, 0.15) is 5.69 Å². The van der Waals surface area contributed by atoms with Gasteiger partial charge < -0.3 is 15.1 Å². The van der Waals surface area contributed by atoms with Crippen LogP contribution < -0.4 is 10.2 Å². The van der Waals surface area contributed by atoms with Crippen LogP contribution in [0.1, 0.15) is 42.2 Å². The highest BCUT2D eigenvalue weighted by Gasteiger charge is 2.24. The molecular formula is C26H26N4O5. The minimum absolute atomic E-state index is 0.120. The number of hydrogen-bond acceptors (Lipinski definition) is 6. The van der Waals surface area contributed by atoms with E-state index in [2.05, 4.69) is 5.32 Å². The van der Waals surface area contributed by atoms with E-state index < -0.39 is 10.7 Å². The molecule has 3 aromatic carbocycles. The molecule has 9 heteroatoms. The number of nitrogens with one attached hydrogen (secondary N) is 1. The molecule has 0 spiro atoms. The summed E-state index contributed by atoms with van der Waals surface area (Å²) in [4.78, 5) is 52.3. The Morgan fingerprint density at radius 2 is 1.49 bits per heavy atom. The fourth-order valence-electron chi connectivity index (χ4n) is 3.67. The predicted molar refractivity (Wildman–Crippen MR) is 133 cm³/mol. The standard InChI is InChI=1S/C26H26N4O5/c1-27-25(32)18-11-9-17(10-12-18)16-29(4)26(33)21-8-6-5-7-20(21)24(31)19-13-14-22(28(2)3)23(15-19)30(34)35/h5-15H,16H2,1-4H3,(H,27,32). The molecule has 0 aliphatic carbocycles. The molecule has 0 heterocycles. The minimum Gasteiger partial charge on any atom is -0.372 e. The zero-order valence-corrected chi connectivity index (χ0v) is 19.9. The van der Waals surface area contributed by atoms with Gasteiger partial charge in [-0.3, -0.25) is 24.5 Å². The highest BCUT2D eigenvalue weighted by molar-refractivity contribution is 6.15. The van der Waals surface area contributed by atoms with Crippen LogP contribution in [0.5, 0.6) is 0 Å². The molecule has 0 bridgehead atoms. The third-order valence-electron chi connectivity index (χ3n) is 5.53. The Morgan fingerprint density at radius 3 is 2.06 bits per heavy atom. The number of hydrogen-bond donors (Lipinski definition) is 1. The first-order chi connectivity index (χ1) is 16.6. The van der Waals surface area contributed by atoms with Crippen molar-refractivity contribution in [2.24, 2.45) is 0 Å². The summed E-state index contributed by atoms with van der Waals surface area (Å²) in [6, 6.07) is 17.5. The maximum Gasteiger partial charge on any atom is 0.293 e. The first kappa shape index (κ1) is 25.1. The zero-order valence-electron chi connectivity index (χ0n) is 19.9. The van der Waals surface area contributed by atoms with Gasteiger partial charge in [-0.25, -0.2) is 0 Å². The van der Waals surface area contributed by atoms with Crippen molar-refractivity contribution in [3.8, 4) is 0 Å². The monoisotopic (exact) mass is 474 g/mol. The summed E-state index contributed by atoms with van der Waals surface area (Å²) in [5, 5.41) is 14.1. The Hall–Kier alpha value is -4.53. The molecule has 0 saturated heterocycles. The molecule has 0 fully saturated rings. The third kappa shape index (κ3) is 5.52. The Bertz CT molecular complexity index is 1290. The normalized spacial score (nSPS) is 10.4. The molecule has 3 aromatic rings. The van der Waals surface area contributed by atoms with E-state index in [9.17, 15) is 24.5 Å². The van der Waals surface area contributed by atoms with Crippen molar-refractivity contribution in [1.82, 2.24) is 10.2 Å². The molecule has 9 nitrogen and oxygen atoms in total. The summed E-state index contributed by atoms with van der Waals surface area (Å²) in [5.74, 6) is -1.05. The van der Waals surface area contributed by atoms with Crippen LogP contribution in [-0.4, -0.2) is 55.6 Å². The smallest absolute Gasteiger partial charge is 0.293 e. The van der Waals surface area contributed by atoms with Crippen molar-refractivity contribution in [2.75, 3.05) is 33.1 Å². The second kappa shape index (κ2) is 10.6. The first-order valence-corrected chi connectivity index (χ1v) is 10.8. The molecule has 35 heavy (non-hydrogen) atoms.